The molecule has 1 aliphatic heterocycles. The maximum atomic E-state index is 13.5. The van der Waals surface area contributed by atoms with Gasteiger partial charge in [0.15, 0.2) is 5.96 Å². The molecular weight excluding hydrogens is 486 g/mol. The summed E-state index contributed by atoms with van der Waals surface area (Å²) in [6, 6.07) is 12.0. The van der Waals surface area contributed by atoms with Crippen molar-refractivity contribution in [2.45, 2.75) is 25.4 Å². The largest absolute Gasteiger partial charge is 0.508 e. The Balaban J connectivity index is 0.00000300. The van der Waals surface area contributed by atoms with Crippen LogP contribution >= 0.6 is 24.0 Å². The molecule has 0 amide bonds. The van der Waals surface area contributed by atoms with Crippen molar-refractivity contribution in [3.8, 4) is 11.5 Å². The molecule has 0 aliphatic carbocycles. The lowest BCUT2D eigenvalue weighted by atomic mass is 10.0. The molecule has 1 saturated heterocycles. The molecule has 3 rings (SSSR count). The van der Waals surface area contributed by atoms with Crippen LogP contribution in [0.5, 0.6) is 11.5 Å². The average molecular weight is 514 g/mol. The lowest BCUT2D eigenvalue weighted by molar-refractivity contribution is 0.410. The number of aliphatic imine (C=N–C) groups is 1. The highest BCUT2D eigenvalue weighted by Gasteiger charge is 2.21. The number of anilines is 1. The molecule has 158 valence electrons. The van der Waals surface area contributed by atoms with E-state index >= 15 is 0 Å². The summed E-state index contributed by atoms with van der Waals surface area (Å²) < 4.78 is 18.7. The van der Waals surface area contributed by atoms with Gasteiger partial charge in [-0.05, 0) is 49.2 Å². The van der Waals surface area contributed by atoms with Crippen LogP contribution in [-0.4, -0.2) is 44.4 Å². The second-order valence-electron chi connectivity index (χ2n) is 6.83. The van der Waals surface area contributed by atoms with Crippen molar-refractivity contribution < 1.29 is 14.2 Å². The van der Waals surface area contributed by atoms with E-state index in [2.05, 4.69) is 20.5 Å². The molecular formula is C21H28FIN4O2. The Kier molecular flexibility index (Phi) is 8.81. The highest BCUT2D eigenvalue weighted by Crippen LogP contribution is 2.23. The van der Waals surface area contributed by atoms with Crippen LogP contribution < -0.4 is 20.3 Å². The SMILES string of the molecule is CN=C(NCc1cc(OC)ccc1O)NC1CCCN(c2cccc(F)c2)C1.I. The predicted octanol–water partition coefficient (Wildman–Crippen LogP) is 3.49. The highest BCUT2D eigenvalue weighted by molar-refractivity contribution is 14.0. The van der Waals surface area contributed by atoms with Gasteiger partial charge in [0.1, 0.15) is 17.3 Å². The zero-order valence-corrected chi connectivity index (χ0v) is 19.0. The number of hydrogen-bond acceptors (Lipinski definition) is 4. The molecule has 0 radical (unpaired) electrons. The normalized spacial score (nSPS) is 16.7. The topological polar surface area (TPSA) is 69.1 Å². The molecule has 0 saturated carbocycles. The van der Waals surface area contributed by atoms with Gasteiger partial charge in [-0.2, -0.15) is 0 Å². The van der Waals surface area contributed by atoms with Gasteiger partial charge in [-0.1, -0.05) is 6.07 Å². The Bertz CT molecular complexity index is 834. The maximum Gasteiger partial charge on any atom is 0.191 e. The molecule has 29 heavy (non-hydrogen) atoms. The third-order valence-electron chi connectivity index (χ3n) is 4.89. The number of phenols is 1. The second-order valence-corrected chi connectivity index (χ2v) is 6.83. The van der Waals surface area contributed by atoms with Crippen LogP contribution in [0.2, 0.25) is 0 Å². The molecule has 1 fully saturated rings. The van der Waals surface area contributed by atoms with Gasteiger partial charge in [0, 0.05) is 44.0 Å². The van der Waals surface area contributed by atoms with Crippen molar-refractivity contribution in [3.63, 3.8) is 0 Å². The third kappa shape index (κ3) is 6.38. The van der Waals surface area contributed by atoms with Crippen molar-refractivity contribution in [1.29, 1.82) is 0 Å². The van der Waals surface area contributed by atoms with Crippen LogP contribution in [0.4, 0.5) is 10.1 Å². The van der Waals surface area contributed by atoms with Gasteiger partial charge in [0.05, 0.1) is 7.11 Å². The van der Waals surface area contributed by atoms with E-state index in [9.17, 15) is 9.50 Å². The minimum atomic E-state index is -0.219. The summed E-state index contributed by atoms with van der Waals surface area (Å²) in [4.78, 5) is 6.47. The molecule has 0 aromatic heterocycles. The summed E-state index contributed by atoms with van der Waals surface area (Å²) in [5.41, 5.74) is 1.63. The van der Waals surface area contributed by atoms with Crippen LogP contribution in [0.15, 0.2) is 47.5 Å². The van der Waals surface area contributed by atoms with Gasteiger partial charge in [-0.3, -0.25) is 4.99 Å². The average Bonchev–Trinajstić information content (AvgIpc) is 2.72. The minimum Gasteiger partial charge on any atom is -0.508 e. The molecule has 1 unspecified atom stereocenters. The second kappa shape index (κ2) is 11.1. The summed E-state index contributed by atoms with van der Waals surface area (Å²) in [6.45, 7) is 2.10. The summed E-state index contributed by atoms with van der Waals surface area (Å²) in [5.74, 6) is 1.34. The number of rotatable bonds is 5. The molecule has 1 heterocycles. The molecule has 1 aliphatic rings. The first-order chi connectivity index (χ1) is 13.6. The first-order valence-corrected chi connectivity index (χ1v) is 9.42. The molecule has 2 aromatic carbocycles. The monoisotopic (exact) mass is 514 g/mol. The summed E-state index contributed by atoms with van der Waals surface area (Å²) in [5, 5.41) is 16.7. The number of piperidine rings is 1. The van der Waals surface area contributed by atoms with Crippen molar-refractivity contribution in [2.75, 3.05) is 32.1 Å². The molecule has 2 aromatic rings. The number of methoxy groups -OCH3 is 1. The number of hydrogen-bond donors (Lipinski definition) is 3. The smallest absolute Gasteiger partial charge is 0.191 e. The standard InChI is InChI=1S/C21H27FN4O2.HI/c1-23-21(24-13-15-11-19(28-2)8-9-20(15)27)25-17-6-4-10-26(14-17)18-7-3-5-16(22)12-18;/h3,5,7-9,11-12,17,27H,4,6,10,13-14H2,1-2H3,(H2,23,24,25);1H. The number of ether oxygens (including phenoxy) is 1. The molecule has 1 atom stereocenters. The Hall–Kier alpha value is -2.23. The van der Waals surface area contributed by atoms with Gasteiger partial charge in [0.2, 0.25) is 0 Å². The minimum absolute atomic E-state index is 0. The van der Waals surface area contributed by atoms with Crippen molar-refractivity contribution in [2.24, 2.45) is 4.99 Å². The van der Waals surface area contributed by atoms with Crippen molar-refractivity contribution >= 4 is 35.6 Å². The molecule has 3 N–H and O–H groups in total. The van der Waals surface area contributed by atoms with E-state index in [1.54, 1.807) is 44.5 Å². The number of nitrogens with zero attached hydrogens (tertiary/aromatic N) is 2. The first-order valence-electron chi connectivity index (χ1n) is 9.42. The number of benzene rings is 2. The first kappa shape index (κ1) is 23.1. The molecule has 0 spiro atoms. The van der Waals surface area contributed by atoms with E-state index in [0.717, 1.165) is 37.2 Å². The summed E-state index contributed by atoms with van der Waals surface area (Å²) in [7, 11) is 3.31. The van der Waals surface area contributed by atoms with E-state index in [1.807, 2.05) is 6.07 Å². The van der Waals surface area contributed by atoms with Crippen LogP contribution in [0.25, 0.3) is 0 Å². The van der Waals surface area contributed by atoms with Gasteiger partial charge < -0.3 is 25.4 Å². The van der Waals surface area contributed by atoms with E-state index in [0.29, 0.717) is 18.3 Å². The van der Waals surface area contributed by atoms with Crippen LogP contribution in [0.3, 0.4) is 0 Å². The van der Waals surface area contributed by atoms with Crippen LogP contribution in [0, 0.1) is 5.82 Å². The molecule has 8 heteroatoms. The van der Waals surface area contributed by atoms with Crippen molar-refractivity contribution in [3.05, 3.63) is 53.8 Å². The Labute approximate surface area is 188 Å². The highest BCUT2D eigenvalue weighted by atomic mass is 127. The third-order valence-corrected chi connectivity index (χ3v) is 4.89. The Morgan fingerprint density at radius 3 is 2.86 bits per heavy atom. The number of halogens is 2. The number of phenolic OH excluding ortho intramolecular Hbond substituents is 1. The summed E-state index contributed by atoms with van der Waals surface area (Å²) in [6.07, 6.45) is 2.03. The van der Waals surface area contributed by atoms with E-state index < -0.39 is 0 Å². The molecule has 0 bridgehead atoms. The van der Waals surface area contributed by atoms with E-state index in [1.165, 1.54) is 6.07 Å². The van der Waals surface area contributed by atoms with E-state index in [4.69, 9.17) is 4.74 Å². The van der Waals surface area contributed by atoms with Crippen molar-refractivity contribution in [1.82, 2.24) is 10.6 Å². The van der Waals surface area contributed by atoms with Gasteiger partial charge in [-0.15, -0.1) is 24.0 Å². The zero-order chi connectivity index (χ0) is 19.9. The zero-order valence-electron chi connectivity index (χ0n) is 16.7. The Morgan fingerprint density at radius 1 is 1.31 bits per heavy atom. The fourth-order valence-corrected chi connectivity index (χ4v) is 3.40. The number of guanidine groups is 1. The van der Waals surface area contributed by atoms with Gasteiger partial charge in [-0.25, -0.2) is 4.39 Å². The molecule has 6 nitrogen and oxygen atoms in total. The fourth-order valence-electron chi connectivity index (χ4n) is 3.40. The quantitative estimate of drug-likeness (QED) is 0.324. The van der Waals surface area contributed by atoms with Crippen LogP contribution in [0.1, 0.15) is 18.4 Å². The predicted molar refractivity (Wildman–Crippen MR) is 125 cm³/mol. The summed E-state index contributed by atoms with van der Waals surface area (Å²) >= 11 is 0. The lowest BCUT2D eigenvalue weighted by Gasteiger charge is -2.35. The lowest BCUT2D eigenvalue weighted by Crippen LogP contribution is -2.51. The van der Waals surface area contributed by atoms with Gasteiger partial charge >= 0.3 is 0 Å². The fraction of sp³-hybridized carbons (Fsp3) is 0.381. The number of nitrogens with one attached hydrogen (secondary N) is 2. The Morgan fingerprint density at radius 2 is 2.14 bits per heavy atom. The number of aromatic hydroxyl groups is 1. The maximum absolute atomic E-state index is 13.5. The van der Waals surface area contributed by atoms with Gasteiger partial charge in [0.25, 0.3) is 0 Å². The van der Waals surface area contributed by atoms with Crippen LogP contribution in [-0.2, 0) is 6.54 Å². The van der Waals surface area contributed by atoms with E-state index in [-0.39, 0.29) is 41.6 Å².